The Morgan fingerprint density at radius 2 is 1.95 bits per heavy atom. The van der Waals surface area contributed by atoms with E-state index in [0.717, 1.165) is 5.75 Å². The third-order valence-electron chi connectivity index (χ3n) is 2.72. The summed E-state index contributed by atoms with van der Waals surface area (Å²) in [6, 6.07) is 7.75. The highest BCUT2D eigenvalue weighted by molar-refractivity contribution is 5.76. The van der Waals surface area contributed by atoms with E-state index in [2.05, 4.69) is 5.32 Å². The number of aryl methyl sites for hydroxylation is 1. The fraction of sp³-hybridized carbons (Fsp3) is 0.533. The molecule has 19 heavy (non-hydrogen) atoms. The van der Waals surface area contributed by atoms with E-state index in [4.69, 9.17) is 9.84 Å². The number of nitrogens with one attached hydrogen (secondary N) is 1. The number of hydrogen-bond donors (Lipinski definition) is 2. The Hall–Kier alpha value is -1.55. The Morgan fingerprint density at radius 3 is 2.53 bits per heavy atom. The van der Waals surface area contributed by atoms with Crippen molar-refractivity contribution in [2.45, 2.75) is 45.8 Å². The van der Waals surface area contributed by atoms with Crippen LogP contribution in [-0.2, 0) is 4.79 Å². The third kappa shape index (κ3) is 6.82. The van der Waals surface area contributed by atoms with Crippen LogP contribution in [0.4, 0.5) is 0 Å². The van der Waals surface area contributed by atoms with Crippen LogP contribution in [0, 0.1) is 6.92 Å². The van der Waals surface area contributed by atoms with Crippen LogP contribution in [0.25, 0.3) is 0 Å². The van der Waals surface area contributed by atoms with E-state index in [-0.39, 0.29) is 11.9 Å². The van der Waals surface area contributed by atoms with Crippen LogP contribution in [0.3, 0.4) is 0 Å². The van der Waals surface area contributed by atoms with Crippen LogP contribution in [0.5, 0.6) is 5.75 Å². The zero-order valence-corrected chi connectivity index (χ0v) is 11.8. The van der Waals surface area contributed by atoms with Crippen molar-refractivity contribution in [1.29, 1.82) is 0 Å². The molecule has 0 fully saturated rings. The second kappa shape index (κ2) is 7.79. The van der Waals surface area contributed by atoms with Gasteiger partial charge in [-0.1, -0.05) is 17.7 Å². The van der Waals surface area contributed by atoms with E-state index in [0.29, 0.717) is 19.4 Å². The number of aliphatic hydroxyl groups excluding tert-OH is 1. The standard InChI is InChI=1S/C15H23NO3/c1-11-4-7-14(8-5-11)19-10-12(2)16-15(18)9-6-13(3)17/h4-5,7-8,12-13,17H,6,9-10H2,1-3H3,(H,16,18). The highest BCUT2D eigenvalue weighted by Crippen LogP contribution is 2.11. The average molecular weight is 265 g/mol. The summed E-state index contributed by atoms with van der Waals surface area (Å²) in [4.78, 5) is 11.5. The maximum absolute atomic E-state index is 11.5. The SMILES string of the molecule is Cc1ccc(OCC(C)NC(=O)CCC(C)O)cc1. The molecule has 0 radical (unpaired) electrons. The molecule has 2 unspecified atom stereocenters. The van der Waals surface area contributed by atoms with Crippen LogP contribution < -0.4 is 10.1 Å². The first-order chi connectivity index (χ1) is 8.97. The van der Waals surface area contributed by atoms with Crippen LogP contribution in [0.1, 0.15) is 32.3 Å². The Kier molecular flexibility index (Phi) is 6.36. The highest BCUT2D eigenvalue weighted by atomic mass is 16.5. The van der Waals surface area contributed by atoms with Crippen molar-refractivity contribution in [2.24, 2.45) is 0 Å². The van der Waals surface area contributed by atoms with Gasteiger partial charge >= 0.3 is 0 Å². The Balaban J connectivity index is 2.25. The van der Waals surface area contributed by atoms with Crippen molar-refractivity contribution in [2.75, 3.05) is 6.61 Å². The largest absolute Gasteiger partial charge is 0.491 e. The molecule has 0 saturated carbocycles. The van der Waals surface area contributed by atoms with Crippen molar-refractivity contribution in [1.82, 2.24) is 5.32 Å². The van der Waals surface area contributed by atoms with E-state index < -0.39 is 6.10 Å². The number of carbonyl (C=O) groups excluding carboxylic acids is 1. The predicted molar refractivity (Wildman–Crippen MR) is 75.2 cm³/mol. The molecule has 106 valence electrons. The van der Waals surface area contributed by atoms with Crippen LogP contribution in [0.15, 0.2) is 24.3 Å². The topological polar surface area (TPSA) is 58.6 Å². The highest BCUT2D eigenvalue weighted by Gasteiger charge is 2.09. The molecule has 0 spiro atoms. The quantitative estimate of drug-likeness (QED) is 0.793. The second-order valence-electron chi connectivity index (χ2n) is 4.98. The lowest BCUT2D eigenvalue weighted by Crippen LogP contribution is -2.36. The van der Waals surface area contributed by atoms with Crippen molar-refractivity contribution in [3.63, 3.8) is 0 Å². The summed E-state index contributed by atoms with van der Waals surface area (Å²) in [6.45, 7) is 6.03. The fourth-order valence-electron chi connectivity index (χ4n) is 1.58. The minimum Gasteiger partial charge on any atom is -0.491 e. The minimum atomic E-state index is -0.440. The minimum absolute atomic E-state index is 0.0530. The summed E-state index contributed by atoms with van der Waals surface area (Å²) in [5.74, 6) is 0.747. The van der Waals surface area contributed by atoms with Crippen molar-refractivity contribution in [3.05, 3.63) is 29.8 Å². The molecule has 1 aromatic carbocycles. The molecule has 0 aliphatic heterocycles. The Bertz CT molecular complexity index is 387. The molecule has 0 aliphatic rings. The van der Waals surface area contributed by atoms with Crippen molar-refractivity contribution >= 4 is 5.91 Å². The summed E-state index contributed by atoms with van der Waals surface area (Å²) in [7, 11) is 0. The average Bonchev–Trinajstić information content (AvgIpc) is 2.36. The maximum atomic E-state index is 11.5. The lowest BCUT2D eigenvalue weighted by Gasteiger charge is -2.15. The monoisotopic (exact) mass is 265 g/mol. The van der Waals surface area contributed by atoms with E-state index in [1.807, 2.05) is 38.1 Å². The lowest BCUT2D eigenvalue weighted by atomic mass is 10.2. The van der Waals surface area contributed by atoms with Gasteiger partial charge in [-0.05, 0) is 39.3 Å². The molecule has 2 atom stereocenters. The van der Waals surface area contributed by atoms with Gasteiger partial charge in [-0.15, -0.1) is 0 Å². The number of hydrogen-bond acceptors (Lipinski definition) is 3. The molecule has 4 nitrogen and oxygen atoms in total. The van der Waals surface area contributed by atoms with Crippen LogP contribution in [0.2, 0.25) is 0 Å². The normalized spacial score (nSPS) is 13.7. The van der Waals surface area contributed by atoms with Gasteiger partial charge in [0.2, 0.25) is 5.91 Å². The maximum Gasteiger partial charge on any atom is 0.220 e. The van der Waals surface area contributed by atoms with Crippen LogP contribution in [-0.4, -0.2) is 29.8 Å². The number of benzene rings is 1. The number of rotatable bonds is 7. The molecule has 2 N–H and O–H groups in total. The first-order valence-corrected chi connectivity index (χ1v) is 6.64. The van der Waals surface area contributed by atoms with E-state index in [9.17, 15) is 4.79 Å². The zero-order valence-electron chi connectivity index (χ0n) is 11.8. The molecule has 0 bridgehead atoms. The molecule has 0 aliphatic carbocycles. The fourth-order valence-corrected chi connectivity index (χ4v) is 1.58. The Labute approximate surface area is 114 Å². The number of ether oxygens (including phenoxy) is 1. The third-order valence-corrected chi connectivity index (χ3v) is 2.72. The molecule has 1 rings (SSSR count). The first kappa shape index (κ1) is 15.5. The van der Waals surface area contributed by atoms with Gasteiger partial charge in [-0.3, -0.25) is 4.79 Å². The van der Waals surface area contributed by atoms with Gasteiger partial charge in [0.1, 0.15) is 12.4 Å². The van der Waals surface area contributed by atoms with Crippen molar-refractivity contribution < 1.29 is 14.6 Å². The molecule has 0 heterocycles. The van der Waals surface area contributed by atoms with Gasteiger partial charge in [0.05, 0.1) is 12.1 Å². The Morgan fingerprint density at radius 1 is 1.32 bits per heavy atom. The summed E-state index contributed by atoms with van der Waals surface area (Å²) in [6.07, 6.45) is 0.383. The van der Waals surface area contributed by atoms with Gasteiger partial charge in [0.25, 0.3) is 0 Å². The number of amides is 1. The van der Waals surface area contributed by atoms with Crippen LogP contribution >= 0.6 is 0 Å². The molecule has 1 aromatic rings. The van der Waals surface area contributed by atoms with E-state index >= 15 is 0 Å². The second-order valence-corrected chi connectivity index (χ2v) is 4.98. The first-order valence-electron chi connectivity index (χ1n) is 6.64. The lowest BCUT2D eigenvalue weighted by molar-refractivity contribution is -0.122. The zero-order chi connectivity index (χ0) is 14.3. The summed E-state index contributed by atoms with van der Waals surface area (Å²) in [5.41, 5.74) is 1.19. The molecule has 0 aromatic heterocycles. The summed E-state index contributed by atoms with van der Waals surface area (Å²) >= 11 is 0. The summed E-state index contributed by atoms with van der Waals surface area (Å²) < 4.78 is 5.59. The summed E-state index contributed by atoms with van der Waals surface area (Å²) in [5, 5.41) is 11.9. The van der Waals surface area contributed by atoms with Gasteiger partial charge < -0.3 is 15.2 Å². The smallest absolute Gasteiger partial charge is 0.220 e. The van der Waals surface area contributed by atoms with Gasteiger partial charge in [-0.25, -0.2) is 0 Å². The number of aliphatic hydroxyl groups is 1. The van der Waals surface area contributed by atoms with E-state index in [1.165, 1.54) is 5.56 Å². The molecular formula is C15H23NO3. The van der Waals surface area contributed by atoms with Gasteiger partial charge in [0, 0.05) is 6.42 Å². The molecule has 0 saturated heterocycles. The molecular weight excluding hydrogens is 242 g/mol. The predicted octanol–water partition coefficient (Wildman–Crippen LogP) is 2.04. The van der Waals surface area contributed by atoms with Gasteiger partial charge in [0.15, 0.2) is 0 Å². The molecule has 1 amide bonds. The van der Waals surface area contributed by atoms with Gasteiger partial charge in [-0.2, -0.15) is 0 Å². The number of carbonyl (C=O) groups is 1. The van der Waals surface area contributed by atoms with E-state index in [1.54, 1.807) is 6.92 Å². The van der Waals surface area contributed by atoms with Crippen molar-refractivity contribution in [3.8, 4) is 5.75 Å². The molecule has 4 heteroatoms.